The van der Waals surface area contributed by atoms with Crippen LogP contribution >= 0.6 is 0 Å². The smallest absolute Gasteiger partial charge is 0.255 e. The van der Waals surface area contributed by atoms with E-state index in [4.69, 9.17) is 0 Å². The number of carbonyl (C=O) groups is 1. The first-order chi connectivity index (χ1) is 11.5. The van der Waals surface area contributed by atoms with Crippen LogP contribution in [0.15, 0.2) is 18.5 Å². The van der Waals surface area contributed by atoms with E-state index in [1.807, 2.05) is 35.6 Å². The molecule has 1 fully saturated rings. The summed E-state index contributed by atoms with van der Waals surface area (Å²) >= 11 is 0. The van der Waals surface area contributed by atoms with Crippen molar-refractivity contribution in [3.05, 3.63) is 41.2 Å². The second-order valence-electron chi connectivity index (χ2n) is 6.91. The fourth-order valence-electron chi connectivity index (χ4n) is 3.37. The predicted octanol–water partition coefficient (Wildman–Crippen LogP) is 2.66. The minimum Gasteiger partial charge on any atom is -0.339 e. The molecular weight excluding hydrogens is 302 g/mol. The van der Waals surface area contributed by atoms with Crippen molar-refractivity contribution >= 4 is 5.91 Å². The molecule has 1 saturated heterocycles. The van der Waals surface area contributed by atoms with E-state index >= 15 is 0 Å². The van der Waals surface area contributed by atoms with Crippen molar-refractivity contribution in [3.8, 4) is 0 Å². The Balaban J connectivity index is 1.73. The summed E-state index contributed by atoms with van der Waals surface area (Å²) < 4.78 is 1.98. The van der Waals surface area contributed by atoms with E-state index in [1.54, 1.807) is 6.33 Å². The molecule has 3 rings (SSSR count). The summed E-state index contributed by atoms with van der Waals surface area (Å²) in [4.78, 5) is 19.5. The number of hydrogen-bond acceptors (Lipinski definition) is 4. The zero-order chi connectivity index (χ0) is 17.3. The highest BCUT2D eigenvalue weighted by Gasteiger charge is 2.28. The lowest BCUT2D eigenvalue weighted by molar-refractivity contribution is 0.0708. The Hall–Kier alpha value is -2.24. The topological polar surface area (TPSA) is 63.9 Å². The first kappa shape index (κ1) is 16.6. The monoisotopic (exact) mass is 327 g/mol. The molecule has 1 amide bonds. The quantitative estimate of drug-likeness (QED) is 0.869. The van der Waals surface area contributed by atoms with Crippen LogP contribution in [0.2, 0.25) is 0 Å². The Kier molecular flexibility index (Phi) is 4.64. The Morgan fingerprint density at radius 3 is 2.54 bits per heavy atom. The van der Waals surface area contributed by atoms with E-state index < -0.39 is 0 Å². The van der Waals surface area contributed by atoms with Gasteiger partial charge in [-0.25, -0.2) is 0 Å². The largest absolute Gasteiger partial charge is 0.339 e. The molecule has 24 heavy (non-hydrogen) atoms. The molecule has 2 aromatic heterocycles. The van der Waals surface area contributed by atoms with Crippen molar-refractivity contribution < 1.29 is 4.79 Å². The molecule has 0 spiro atoms. The number of aryl methyl sites for hydroxylation is 2. The summed E-state index contributed by atoms with van der Waals surface area (Å²) in [6.45, 7) is 7.63. The van der Waals surface area contributed by atoms with Gasteiger partial charge in [0.05, 0.1) is 11.3 Å². The average Bonchev–Trinajstić information content (AvgIpc) is 3.00. The highest BCUT2D eigenvalue weighted by Crippen LogP contribution is 2.28. The molecule has 0 bridgehead atoms. The fourth-order valence-corrected chi connectivity index (χ4v) is 3.37. The van der Waals surface area contributed by atoms with Gasteiger partial charge < -0.3 is 9.47 Å². The van der Waals surface area contributed by atoms with Gasteiger partial charge in [0.25, 0.3) is 5.91 Å². The maximum Gasteiger partial charge on any atom is 0.255 e. The Morgan fingerprint density at radius 1 is 1.25 bits per heavy atom. The molecule has 0 aromatic carbocycles. The summed E-state index contributed by atoms with van der Waals surface area (Å²) in [5.74, 6) is 1.73. The third-order valence-electron chi connectivity index (χ3n) is 4.73. The maximum atomic E-state index is 12.9. The van der Waals surface area contributed by atoms with Crippen molar-refractivity contribution in [2.75, 3.05) is 13.1 Å². The molecule has 0 aliphatic carbocycles. The standard InChI is InChI=1S/C18H25N5O/c1-12(2)16-15(6-5-13(3)20-16)18(24)23-9-7-14(8-10-23)17-21-19-11-22(17)4/h5-6,11-12,14H,7-10H2,1-4H3. The third-order valence-corrected chi connectivity index (χ3v) is 4.73. The van der Waals surface area contributed by atoms with E-state index in [0.717, 1.165) is 48.7 Å². The van der Waals surface area contributed by atoms with Gasteiger partial charge >= 0.3 is 0 Å². The van der Waals surface area contributed by atoms with Crippen molar-refractivity contribution in [1.82, 2.24) is 24.6 Å². The van der Waals surface area contributed by atoms with Crippen molar-refractivity contribution in [2.24, 2.45) is 7.05 Å². The number of aromatic nitrogens is 4. The number of likely N-dealkylation sites (tertiary alicyclic amines) is 1. The number of carbonyl (C=O) groups excluding carboxylic acids is 1. The third kappa shape index (κ3) is 3.18. The molecule has 6 heteroatoms. The Labute approximate surface area is 142 Å². The van der Waals surface area contributed by atoms with Crippen LogP contribution in [0, 0.1) is 6.92 Å². The van der Waals surface area contributed by atoms with Crippen LogP contribution < -0.4 is 0 Å². The number of nitrogens with zero attached hydrogens (tertiary/aromatic N) is 5. The lowest BCUT2D eigenvalue weighted by atomic mass is 9.94. The second kappa shape index (κ2) is 6.71. The van der Waals surface area contributed by atoms with Crippen LogP contribution in [-0.2, 0) is 7.05 Å². The van der Waals surface area contributed by atoms with Crippen LogP contribution in [0.4, 0.5) is 0 Å². The summed E-state index contributed by atoms with van der Waals surface area (Å²) in [6, 6.07) is 3.85. The lowest BCUT2D eigenvalue weighted by Gasteiger charge is -2.32. The summed E-state index contributed by atoms with van der Waals surface area (Å²) in [5, 5.41) is 8.18. The molecular formula is C18H25N5O. The van der Waals surface area contributed by atoms with E-state index in [-0.39, 0.29) is 11.8 Å². The minimum atomic E-state index is 0.0996. The molecule has 3 heterocycles. The number of amides is 1. The number of piperidine rings is 1. The molecule has 6 nitrogen and oxygen atoms in total. The van der Waals surface area contributed by atoms with Gasteiger partial charge in [-0.1, -0.05) is 13.8 Å². The number of hydrogen-bond donors (Lipinski definition) is 0. The van der Waals surface area contributed by atoms with Crippen molar-refractivity contribution in [3.63, 3.8) is 0 Å². The first-order valence-corrected chi connectivity index (χ1v) is 8.58. The van der Waals surface area contributed by atoms with Crippen molar-refractivity contribution in [1.29, 1.82) is 0 Å². The van der Waals surface area contributed by atoms with Gasteiger partial charge in [0.1, 0.15) is 12.2 Å². The molecule has 0 radical (unpaired) electrons. The zero-order valence-corrected chi connectivity index (χ0v) is 14.9. The molecule has 128 valence electrons. The Morgan fingerprint density at radius 2 is 1.96 bits per heavy atom. The molecule has 0 atom stereocenters. The van der Waals surface area contributed by atoms with Gasteiger partial charge in [-0.15, -0.1) is 10.2 Å². The summed E-state index contributed by atoms with van der Waals surface area (Å²) in [5.41, 5.74) is 2.60. The zero-order valence-electron chi connectivity index (χ0n) is 14.9. The van der Waals surface area contributed by atoms with E-state index in [2.05, 4.69) is 29.0 Å². The number of rotatable bonds is 3. The fraction of sp³-hybridized carbons (Fsp3) is 0.556. The second-order valence-corrected chi connectivity index (χ2v) is 6.91. The van der Waals surface area contributed by atoms with Crippen LogP contribution in [0.5, 0.6) is 0 Å². The van der Waals surface area contributed by atoms with Crippen LogP contribution in [0.3, 0.4) is 0 Å². The van der Waals surface area contributed by atoms with Gasteiger partial charge in [0, 0.05) is 31.7 Å². The Bertz CT molecular complexity index is 729. The summed E-state index contributed by atoms with van der Waals surface area (Å²) in [7, 11) is 1.97. The van der Waals surface area contributed by atoms with E-state index in [9.17, 15) is 4.79 Å². The van der Waals surface area contributed by atoms with E-state index in [0.29, 0.717) is 5.92 Å². The van der Waals surface area contributed by atoms with Crippen LogP contribution in [0.1, 0.15) is 66.1 Å². The van der Waals surface area contributed by atoms with E-state index in [1.165, 1.54) is 0 Å². The average molecular weight is 327 g/mol. The van der Waals surface area contributed by atoms with Gasteiger partial charge in [-0.2, -0.15) is 0 Å². The molecule has 2 aromatic rings. The SMILES string of the molecule is Cc1ccc(C(=O)N2CCC(c3nncn3C)CC2)c(C(C)C)n1. The minimum absolute atomic E-state index is 0.0996. The maximum absolute atomic E-state index is 12.9. The highest BCUT2D eigenvalue weighted by molar-refractivity contribution is 5.95. The molecule has 1 aliphatic rings. The van der Waals surface area contributed by atoms with Gasteiger partial charge in [-0.3, -0.25) is 9.78 Å². The predicted molar refractivity (Wildman–Crippen MR) is 91.9 cm³/mol. The van der Waals surface area contributed by atoms with Gasteiger partial charge in [0.2, 0.25) is 0 Å². The molecule has 0 N–H and O–H groups in total. The molecule has 1 aliphatic heterocycles. The van der Waals surface area contributed by atoms with Crippen molar-refractivity contribution in [2.45, 2.75) is 45.4 Å². The van der Waals surface area contributed by atoms with Gasteiger partial charge in [0.15, 0.2) is 0 Å². The lowest BCUT2D eigenvalue weighted by Crippen LogP contribution is -2.39. The van der Waals surface area contributed by atoms with Crippen LogP contribution in [0.25, 0.3) is 0 Å². The normalized spacial score (nSPS) is 16.0. The molecule has 0 unspecified atom stereocenters. The first-order valence-electron chi connectivity index (χ1n) is 8.58. The van der Waals surface area contributed by atoms with Gasteiger partial charge in [-0.05, 0) is 37.8 Å². The molecule has 0 saturated carbocycles. The van der Waals surface area contributed by atoms with Crippen LogP contribution in [-0.4, -0.2) is 43.6 Å². The highest BCUT2D eigenvalue weighted by atomic mass is 16.2. The summed E-state index contributed by atoms with van der Waals surface area (Å²) in [6.07, 6.45) is 3.59. The number of pyridine rings is 1.